The van der Waals surface area contributed by atoms with E-state index in [1.165, 1.54) is 12.1 Å². The lowest BCUT2D eigenvalue weighted by atomic mass is 10.1. The van der Waals surface area contributed by atoms with Gasteiger partial charge in [0, 0.05) is 18.7 Å². The van der Waals surface area contributed by atoms with Crippen LogP contribution in [0, 0.1) is 12.7 Å². The minimum atomic E-state index is -0.358. The Bertz CT molecular complexity index is 979. The van der Waals surface area contributed by atoms with Crippen molar-refractivity contribution in [3.8, 4) is 0 Å². The third kappa shape index (κ3) is 3.94. The molecule has 2 aromatic carbocycles. The van der Waals surface area contributed by atoms with E-state index in [1.54, 1.807) is 23.6 Å². The molecular weight excluding hydrogens is 319 g/mol. The van der Waals surface area contributed by atoms with Crippen molar-refractivity contribution < 1.29 is 9.18 Å². The number of amides is 1. The van der Waals surface area contributed by atoms with Crippen molar-refractivity contribution in [3.63, 3.8) is 0 Å². The van der Waals surface area contributed by atoms with Crippen molar-refractivity contribution in [2.45, 2.75) is 19.9 Å². The van der Waals surface area contributed by atoms with Crippen molar-refractivity contribution in [2.75, 3.05) is 6.54 Å². The van der Waals surface area contributed by atoms with Crippen LogP contribution in [0.2, 0.25) is 0 Å². The highest BCUT2D eigenvalue weighted by atomic mass is 19.1. The summed E-state index contributed by atoms with van der Waals surface area (Å²) in [5, 5.41) is 3.78. The second kappa shape index (κ2) is 7.30. The number of rotatable bonds is 5. The number of halogens is 1. The number of fused-ring (bicyclic) bond motifs is 1. The van der Waals surface area contributed by atoms with Crippen LogP contribution in [0.1, 0.15) is 11.1 Å². The molecule has 0 saturated heterocycles. The summed E-state index contributed by atoms with van der Waals surface area (Å²) in [5.74, 6) is -0.557. The molecule has 0 atom stereocenters. The first-order valence-corrected chi connectivity index (χ1v) is 8.15. The molecule has 0 bridgehead atoms. The third-order valence-corrected chi connectivity index (χ3v) is 4.09. The molecule has 1 aromatic heterocycles. The Balaban J connectivity index is 1.68. The Labute approximate surface area is 144 Å². The summed E-state index contributed by atoms with van der Waals surface area (Å²) < 4.78 is 14.8. The van der Waals surface area contributed by atoms with Crippen LogP contribution < -0.4 is 10.9 Å². The van der Waals surface area contributed by atoms with Gasteiger partial charge in [-0.05, 0) is 42.1 Å². The Morgan fingerprint density at radius 2 is 1.92 bits per heavy atom. The zero-order chi connectivity index (χ0) is 17.8. The number of para-hydroxylation sites is 1. The second-order valence-corrected chi connectivity index (χ2v) is 6.00. The fourth-order valence-corrected chi connectivity index (χ4v) is 2.90. The van der Waals surface area contributed by atoms with Crippen LogP contribution in [0.3, 0.4) is 0 Å². The van der Waals surface area contributed by atoms with Gasteiger partial charge in [0.1, 0.15) is 5.82 Å². The average Bonchev–Trinajstić information content (AvgIpc) is 2.58. The highest BCUT2D eigenvalue weighted by molar-refractivity contribution is 5.80. The number of nitrogens with one attached hydrogen (secondary N) is 1. The quantitative estimate of drug-likeness (QED) is 0.778. The number of aryl methyl sites for hydroxylation is 1. The maximum absolute atomic E-state index is 13.2. The summed E-state index contributed by atoms with van der Waals surface area (Å²) in [6.07, 6.45) is 0.112. The molecule has 0 aliphatic rings. The summed E-state index contributed by atoms with van der Waals surface area (Å²) in [7, 11) is 0. The van der Waals surface area contributed by atoms with Crippen LogP contribution in [0.25, 0.3) is 10.9 Å². The van der Waals surface area contributed by atoms with Crippen molar-refractivity contribution in [3.05, 3.63) is 81.9 Å². The van der Waals surface area contributed by atoms with Gasteiger partial charge in [0.2, 0.25) is 5.91 Å². The molecule has 0 aliphatic heterocycles. The summed E-state index contributed by atoms with van der Waals surface area (Å²) in [4.78, 5) is 24.4. The molecule has 1 amide bonds. The molecule has 25 heavy (non-hydrogen) atoms. The van der Waals surface area contributed by atoms with Crippen molar-refractivity contribution >= 4 is 16.8 Å². The van der Waals surface area contributed by atoms with E-state index in [-0.39, 0.29) is 23.7 Å². The number of pyridine rings is 1. The first kappa shape index (κ1) is 16.9. The van der Waals surface area contributed by atoms with Gasteiger partial charge in [-0.1, -0.05) is 30.3 Å². The fraction of sp³-hybridized carbons (Fsp3) is 0.200. The fourth-order valence-electron chi connectivity index (χ4n) is 2.90. The van der Waals surface area contributed by atoms with E-state index in [0.29, 0.717) is 24.2 Å². The first-order chi connectivity index (χ1) is 12.0. The highest BCUT2D eigenvalue weighted by Gasteiger charge is 2.08. The summed E-state index contributed by atoms with van der Waals surface area (Å²) in [6, 6.07) is 15.5. The third-order valence-electron chi connectivity index (χ3n) is 4.09. The zero-order valence-corrected chi connectivity index (χ0v) is 14.0. The Morgan fingerprint density at radius 3 is 2.72 bits per heavy atom. The van der Waals surface area contributed by atoms with Crippen molar-refractivity contribution in [1.82, 2.24) is 9.88 Å². The number of carbonyl (C=O) groups excluding carboxylic acids is 1. The van der Waals surface area contributed by atoms with E-state index >= 15 is 0 Å². The van der Waals surface area contributed by atoms with Gasteiger partial charge in [-0.25, -0.2) is 4.39 Å². The van der Waals surface area contributed by atoms with E-state index in [1.807, 2.05) is 30.3 Å². The van der Waals surface area contributed by atoms with Crippen molar-refractivity contribution in [1.29, 1.82) is 0 Å². The van der Waals surface area contributed by atoms with Crippen LogP contribution >= 0.6 is 0 Å². The summed E-state index contributed by atoms with van der Waals surface area (Å²) in [5.41, 5.74) is 2.08. The molecule has 1 heterocycles. The van der Waals surface area contributed by atoms with Crippen LogP contribution in [0.4, 0.5) is 4.39 Å². The average molecular weight is 338 g/mol. The van der Waals surface area contributed by atoms with Gasteiger partial charge in [-0.15, -0.1) is 0 Å². The standard InChI is InChI=1S/C20H19FN2O2/c1-14-11-16-6-2-3-8-18(16)23(20(14)25)10-9-22-19(24)13-15-5-4-7-17(21)12-15/h2-8,11-12H,9-10,13H2,1H3,(H,22,24). The highest BCUT2D eigenvalue weighted by Crippen LogP contribution is 2.12. The largest absolute Gasteiger partial charge is 0.354 e. The van der Waals surface area contributed by atoms with Gasteiger partial charge in [-0.2, -0.15) is 0 Å². The number of hydrogen-bond acceptors (Lipinski definition) is 2. The Hall–Kier alpha value is -2.95. The number of nitrogens with zero attached hydrogens (tertiary/aromatic N) is 1. The minimum Gasteiger partial charge on any atom is -0.354 e. The number of benzene rings is 2. The van der Waals surface area contributed by atoms with Gasteiger partial charge in [0.25, 0.3) is 5.56 Å². The number of hydrogen-bond donors (Lipinski definition) is 1. The number of aromatic nitrogens is 1. The van der Waals surface area contributed by atoms with Crippen LogP contribution in [0.5, 0.6) is 0 Å². The molecule has 5 heteroatoms. The second-order valence-electron chi connectivity index (χ2n) is 6.00. The van der Waals surface area contributed by atoms with Gasteiger partial charge in [0.05, 0.1) is 11.9 Å². The molecule has 0 saturated carbocycles. The van der Waals surface area contributed by atoms with Crippen LogP contribution in [-0.4, -0.2) is 17.0 Å². The van der Waals surface area contributed by atoms with E-state index in [9.17, 15) is 14.0 Å². The predicted octanol–water partition coefficient (Wildman–Crippen LogP) is 2.81. The molecule has 0 spiro atoms. The van der Waals surface area contributed by atoms with Crippen molar-refractivity contribution in [2.24, 2.45) is 0 Å². The van der Waals surface area contributed by atoms with E-state index in [0.717, 1.165) is 10.9 Å². The molecule has 3 rings (SSSR count). The zero-order valence-electron chi connectivity index (χ0n) is 14.0. The van der Waals surface area contributed by atoms with E-state index in [4.69, 9.17) is 0 Å². The van der Waals surface area contributed by atoms with Gasteiger partial charge >= 0.3 is 0 Å². The molecule has 0 aliphatic carbocycles. The monoisotopic (exact) mass is 338 g/mol. The summed E-state index contributed by atoms with van der Waals surface area (Å²) in [6.45, 7) is 2.51. The molecule has 0 radical (unpaired) electrons. The van der Waals surface area contributed by atoms with Gasteiger partial charge < -0.3 is 9.88 Å². The Kier molecular flexibility index (Phi) is 4.93. The molecule has 4 nitrogen and oxygen atoms in total. The molecule has 3 aromatic rings. The predicted molar refractivity (Wildman–Crippen MR) is 96.1 cm³/mol. The van der Waals surface area contributed by atoms with Crippen LogP contribution in [0.15, 0.2) is 59.4 Å². The maximum Gasteiger partial charge on any atom is 0.254 e. The lowest BCUT2D eigenvalue weighted by molar-refractivity contribution is -0.120. The van der Waals surface area contributed by atoms with E-state index in [2.05, 4.69) is 5.32 Å². The summed E-state index contributed by atoms with van der Waals surface area (Å²) >= 11 is 0. The topological polar surface area (TPSA) is 51.1 Å². The smallest absolute Gasteiger partial charge is 0.254 e. The van der Waals surface area contributed by atoms with Gasteiger partial charge in [0.15, 0.2) is 0 Å². The lowest BCUT2D eigenvalue weighted by Gasteiger charge is -2.12. The lowest BCUT2D eigenvalue weighted by Crippen LogP contribution is -2.32. The molecule has 128 valence electrons. The Morgan fingerprint density at radius 1 is 1.12 bits per heavy atom. The molecular formula is C20H19FN2O2. The van der Waals surface area contributed by atoms with E-state index < -0.39 is 0 Å². The van der Waals surface area contributed by atoms with Gasteiger partial charge in [-0.3, -0.25) is 9.59 Å². The molecule has 0 fully saturated rings. The maximum atomic E-state index is 13.2. The number of carbonyl (C=O) groups is 1. The molecule has 0 unspecified atom stereocenters. The van der Waals surface area contributed by atoms with Crippen LogP contribution in [-0.2, 0) is 17.8 Å². The molecule has 1 N–H and O–H groups in total. The SMILES string of the molecule is Cc1cc2ccccc2n(CCNC(=O)Cc2cccc(F)c2)c1=O. The first-order valence-electron chi connectivity index (χ1n) is 8.15. The normalized spacial score (nSPS) is 10.8. The minimum absolute atomic E-state index is 0.0573.